The minimum atomic E-state index is -0.973. The van der Waals surface area contributed by atoms with E-state index in [0.717, 1.165) is 0 Å². The molecule has 1 aromatic heterocycles. The molecule has 1 N–H and O–H groups in total. The number of aryl methyl sites for hydroxylation is 1. The number of carboxylic acid groups (broad SMARTS) is 1. The number of aromatic nitrogens is 1. The van der Waals surface area contributed by atoms with E-state index in [1.165, 1.54) is 12.3 Å². The summed E-state index contributed by atoms with van der Waals surface area (Å²) in [5, 5.41) is 8.67. The molecule has 0 aliphatic rings. The van der Waals surface area contributed by atoms with Crippen molar-refractivity contribution in [1.29, 1.82) is 0 Å². The molecule has 0 saturated heterocycles. The Morgan fingerprint density at radius 3 is 3.00 bits per heavy atom. The summed E-state index contributed by atoms with van der Waals surface area (Å²) < 4.78 is 12.9. The van der Waals surface area contributed by atoms with Crippen LogP contribution in [-0.4, -0.2) is 16.1 Å². The molecule has 1 aromatic rings. The third-order valence-corrected chi connectivity index (χ3v) is 1.69. The summed E-state index contributed by atoms with van der Waals surface area (Å²) in [6.07, 6.45) is 1.16. The molecule has 1 heterocycles. The Hall–Kier alpha value is -1.16. The molecule has 0 saturated carbocycles. The van der Waals surface area contributed by atoms with E-state index < -0.39 is 11.9 Å². The first-order valence-corrected chi connectivity index (χ1v) is 3.99. The Bertz CT molecular complexity index is 330. The van der Waals surface area contributed by atoms with Crippen molar-refractivity contribution in [2.45, 2.75) is 12.8 Å². The van der Waals surface area contributed by atoms with Crippen LogP contribution in [0.1, 0.15) is 12.0 Å². The molecule has 3 nitrogen and oxygen atoms in total. The summed E-state index contributed by atoms with van der Waals surface area (Å²) in [6, 6.07) is 1.38. The maximum absolute atomic E-state index is 12.9. The van der Waals surface area contributed by atoms with Gasteiger partial charge in [-0.3, -0.25) is 4.79 Å². The van der Waals surface area contributed by atoms with Crippen LogP contribution in [0.2, 0.25) is 5.02 Å². The van der Waals surface area contributed by atoms with Gasteiger partial charge < -0.3 is 5.11 Å². The smallest absolute Gasteiger partial charge is 0.303 e. The second-order valence-electron chi connectivity index (χ2n) is 2.50. The second-order valence-corrected chi connectivity index (χ2v) is 2.93. The zero-order chi connectivity index (χ0) is 9.84. The Kier molecular flexibility index (Phi) is 3.19. The molecule has 0 atom stereocenters. The largest absolute Gasteiger partial charge is 0.481 e. The first kappa shape index (κ1) is 9.92. The molecule has 1 rings (SSSR count). The maximum atomic E-state index is 12.9. The summed E-state index contributed by atoms with van der Waals surface area (Å²) in [7, 11) is 0. The van der Waals surface area contributed by atoms with Crippen LogP contribution in [0.25, 0.3) is 0 Å². The number of rotatable bonds is 3. The Morgan fingerprint density at radius 1 is 1.69 bits per heavy atom. The SMILES string of the molecule is O=C(O)CCc1cc(Cl)cnc1F. The van der Waals surface area contributed by atoms with Gasteiger partial charge in [0, 0.05) is 18.2 Å². The van der Waals surface area contributed by atoms with Crippen LogP contribution >= 0.6 is 11.6 Å². The number of carboxylic acids is 1. The summed E-state index contributed by atoms with van der Waals surface area (Å²) >= 11 is 5.56. The van der Waals surface area contributed by atoms with E-state index in [1.54, 1.807) is 0 Å². The number of nitrogens with zero attached hydrogens (tertiary/aromatic N) is 1. The standard InChI is InChI=1S/C8H7ClFNO2/c9-6-3-5(1-2-7(12)13)8(10)11-4-6/h3-4H,1-2H2,(H,12,13). The van der Waals surface area contributed by atoms with Gasteiger partial charge in [-0.2, -0.15) is 4.39 Å². The molecule has 5 heteroatoms. The zero-order valence-electron chi connectivity index (χ0n) is 6.63. The third-order valence-electron chi connectivity index (χ3n) is 1.49. The molecule has 0 aliphatic heterocycles. The molecule has 0 bridgehead atoms. The fourth-order valence-electron chi connectivity index (χ4n) is 0.881. The Labute approximate surface area is 79.2 Å². The van der Waals surface area contributed by atoms with Gasteiger partial charge in [0.2, 0.25) is 5.95 Å². The highest BCUT2D eigenvalue weighted by Gasteiger charge is 2.06. The van der Waals surface area contributed by atoms with E-state index in [9.17, 15) is 9.18 Å². The third kappa shape index (κ3) is 2.99. The van der Waals surface area contributed by atoms with Crippen LogP contribution in [0, 0.1) is 5.95 Å². The van der Waals surface area contributed by atoms with Gasteiger partial charge in [0.1, 0.15) is 0 Å². The molecule has 0 aromatic carbocycles. The molecule has 0 fully saturated rings. The average Bonchev–Trinajstić information content (AvgIpc) is 2.06. The Balaban J connectivity index is 2.75. The van der Waals surface area contributed by atoms with E-state index in [4.69, 9.17) is 16.7 Å². The minimum absolute atomic E-state index is 0.106. The summed E-state index contributed by atoms with van der Waals surface area (Å²) in [6.45, 7) is 0. The van der Waals surface area contributed by atoms with Crippen molar-refractivity contribution in [2.24, 2.45) is 0 Å². The topological polar surface area (TPSA) is 50.2 Å². The molecule has 0 radical (unpaired) electrons. The van der Waals surface area contributed by atoms with Crippen LogP contribution in [0.4, 0.5) is 4.39 Å². The average molecular weight is 204 g/mol. The van der Waals surface area contributed by atoms with Crippen molar-refractivity contribution < 1.29 is 14.3 Å². The molecular formula is C8H7ClFNO2. The van der Waals surface area contributed by atoms with E-state index >= 15 is 0 Å². The Morgan fingerprint density at radius 2 is 2.38 bits per heavy atom. The first-order chi connectivity index (χ1) is 6.09. The number of aliphatic carboxylic acids is 1. The number of halogens is 2. The van der Waals surface area contributed by atoms with E-state index in [2.05, 4.69) is 4.98 Å². The minimum Gasteiger partial charge on any atom is -0.481 e. The number of carbonyl (C=O) groups is 1. The molecule has 70 valence electrons. The molecule has 0 aliphatic carbocycles. The lowest BCUT2D eigenvalue weighted by atomic mass is 10.1. The second kappa shape index (κ2) is 4.18. The van der Waals surface area contributed by atoms with Gasteiger partial charge in [0.25, 0.3) is 0 Å². The highest BCUT2D eigenvalue weighted by Crippen LogP contribution is 2.13. The molecule has 13 heavy (non-hydrogen) atoms. The van der Waals surface area contributed by atoms with Gasteiger partial charge in [0.15, 0.2) is 0 Å². The van der Waals surface area contributed by atoms with E-state index in [0.29, 0.717) is 5.02 Å². The van der Waals surface area contributed by atoms with E-state index in [1.807, 2.05) is 0 Å². The van der Waals surface area contributed by atoms with Crippen LogP contribution < -0.4 is 0 Å². The van der Waals surface area contributed by atoms with Gasteiger partial charge in [-0.15, -0.1) is 0 Å². The van der Waals surface area contributed by atoms with Gasteiger partial charge in [-0.1, -0.05) is 11.6 Å². The van der Waals surface area contributed by atoms with Crippen molar-refractivity contribution in [3.63, 3.8) is 0 Å². The van der Waals surface area contributed by atoms with Crippen LogP contribution in [-0.2, 0) is 11.2 Å². The highest BCUT2D eigenvalue weighted by molar-refractivity contribution is 6.30. The van der Waals surface area contributed by atoms with E-state index in [-0.39, 0.29) is 18.4 Å². The van der Waals surface area contributed by atoms with Crippen LogP contribution in [0.3, 0.4) is 0 Å². The van der Waals surface area contributed by atoms with Crippen molar-refractivity contribution in [2.75, 3.05) is 0 Å². The van der Waals surface area contributed by atoms with Gasteiger partial charge in [-0.05, 0) is 12.5 Å². The lowest BCUT2D eigenvalue weighted by Gasteiger charge is -1.99. The highest BCUT2D eigenvalue weighted by atomic mass is 35.5. The quantitative estimate of drug-likeness (QED) is 0.764. The number of hydrogen-bond donors (Lipinski definition) is 1. The molecule has 0 unspecified atom stereocenters. The van der Waals surface area contributed by atoms with Gasteiger partial charge in [0.05, 0.1) is 5.02 Å². The summed E-state index contributed by atoms with van der Waals surface area (Å²) in [5.41, 5.74) is 0.231. The molecular weight excluding hydrogens is 197 g/mol. The van der Waals surface area contributed by atoms with Crippen molar-refractivity contribution >= 4 is 17.6 Å². The van der Waals surface area contributed by atoms with Crippen LogP contribution in [0.5, 0.6) is 0 Å². The predicted molar refractivity (Wildman–Crippen MR) is 45.2 cm³/mol. The van der Waals surface area contributed by atoms with Crippen LogP contribution in [0.15, 0.2) is 12.3 Å². The zero-order valence-corrected chi connectivity index (χ0v) is 7.38. The number of pyridine rings is 1. The van der Waals surface area contributed by atoms with Gasteiger partial charge >= 0.3 is 5.97 Å². The van der Waals surface area contributed by atoms with Crippen molar-refractivity contribution in [1.82, 2.24) is 4.98 Å². The number of hydrogen-bond acceptors (Lipinski definition) is 2. The lowest BCUT2D eigenvalue weighted by Crippen LogP contribution is -2.00. The summed E-state index contributed by atoms with van der Waals surface area (Å²) in [5.74, 6) is -1.63. The first-order valence-electron chi connectivity index (χ1n) is 3.61. The fourth-order valence-corrected chi connectivity index (χ4v) is 1.06. The summed E-state index contributed by atoms with van der Waals surface area (Å²) in [4.78, 5) is 13.6. The predicted octanol–water partition coefficient (Wildman–Crippen LogP) is 1.89. The van der Waals surface area contributed by atoms with Crippen molar-refractivity contribution in [3.05, 3.63) is 28.8 Å². The van der Waals surface area contributed by atoms with Crippen molar-refractivity contribution in [3.8, 4) is 0 Å². The maximum Gasteiger partial charge on any atom is 0.303 e. The molecule has 0 amide bonds. The lowest BCUT2D eigenvalue weighted by molar-refractivity contribution is -0.136. The van der Waals surface area contributed by atoms with Gasteiger partial charge in [-0.25, -0.2) is 4.98 Å². The molecule has 0 spiro atoms. The monoisotopic (exact) mass is 203 g/mol. The normalized spacial score (nSPS) is 10.0. The fraction of sp³-hybridized carbons (Fsp3) is 0.250.